The van der Waals surface area contributed by atoms with Crippen molar-refractivity contribution in [2.24, 2.45) is 0 Å². The first-order valence-electron chi connectivity index (χ1n) is 8.33. The quantitative estimate of drug-likeness (QED) is 0.318. The minimum Gasteiger partial charge on any atom is -0.496 e. The number of rotatable bonds is 6. The van der Waals surface area contributed by atoms with Crippen molar-refractivity contribution in [1.29, 1.82) is 0 Å². The smallest absolute Gasteiger partial charge is 0.210 e. The monoisotopic (exact) mass is 473 g/mol. The van der Waals surface area contributed by atoms with Gasteiger partial charge in [-0.2, -0.15) is 0 Å². The van der Waals surface area contributed by atoms with Crippen LogP contribution in [0.4, 0.5) is 0 Å². The Bertz CT molecular complexity index is 1110. The van der Waals surface area contributed by atoms with E-state index in [0.29, 0.717) is 16.7 Å². The van der Waals surface area contributed by atoms with E-state index < -0.39 is 0 Å². The molecule has 0 saturated heterocycles. The number of aromatic nitrogens is 4. The molecule has 4 aromatic rings. The van der Waals surface area contributed by atoms with Gasteiger partial charge in [-0.1, -0.05) is 52.0 Å². The molecule has 142 valence electrons. The molecule has 0 aliphatic carbocycles. The van der Waals surface area contributed by atoms with Gasteiger partial charge in [0.15, 0.2) is 5.82 Å². The molecule has 4 rings (SSSR count). The molecule has 0 atom stereocenters. The van der Waals surface area contributed by atoms with E-state index in [1.165, 1.54) is 16.4 Å². The third-order valence-corrected chi connectivity index (χ3v) is 6.61. The van der Waals surface area contributed by atoms with Crippen molar-refractivity contribution in [2.75, 3.05) is 13.0 Å². The van der Waals surface area contributed by atoms with Crippen LogP contribution in [0.2, 0.25) is 0 Å². The molecule has 0 spiro atoms. The Labute approximate surface area is 178 Å². The number of benzene rings is 2. The lowest BCUT2D eigenvalue weighted by molar-refractivity contribution is 0.416. The van der Waals surface area contributed by atoms with Gasteiger partial charge in [-0.15, -0.1) is 21.5 Å². The summed E-state index contributed by atoms with van der Waals surface area (Å²) in [6.45, 7) is 0. The Hall–Kier alpha value is -2.36. The van der Waals surface area contributed by atoms with Crippen LogP contribution in [0.3, 0.4) is 0 Å². The Balaban J connectivity index is 1.51. The van der Waals surface area contributed by atoms with E-state index >= 15 is 0 Å². The first-order valence-corrected chi connectivity index (χ1v) is 11.0. The van der Waals surface area contributed by atoms with Crippen LogP contribution in [-0.2, 0) is 5.75 Å². The van der Waals surface area contributed by atoms with Gasteiger partial charge >= 0.3 is 0 Å². The first-order chi connectivity index (χ1) is 13.7. The average molecular weight is 474 g/mol. The van der Waals surface area contributed by atoms with Gasteiger partial charge in [0.1, 0.15) is 10.8 Å². The standard InChI is InChI=1S/C19H16BrN5OS2/c1-26-16-9-5-3-7-14(16)18-22-12(10-27-18)11-28-19-24-23-17(25(19)21)13-6-2-4-8-15(13)20/h2-10H,11,21H2,1H3. The summed E-state index contributed by atoms with van der Waals surface area (Å²) in [6, 6.07) is 15.7. The number of nitrogen functional groups attached to an aromatic ring is 1. The van der Waals surface area contributed by atoms with E-state index in [9.17, 15) is 0 Å². The van der Waals surface area contributed by atoms with Crippen LogP contribution in [0.15, 0.2) is 63.5 Å². The Kier molecular flexibility index (Phi) is 5.65. The molecule has 2 heterocycles. The molecule has 0 saturated carbocycles. The topological polar surface area (TPSA) is 78.9 Å². The van der Waals surface area contributed by atoms with E-state index in [1.54, 1.807) is 18.4 Å². The fraction of sp³-hybridized carbons (Fsp3) is 0.105. The third kappa shape index (κ3) is 3.78. The number of nitrogens with two attached hydrogens (primary N) is 1. The van der Waals surface area contributed by atoms with Gasteiger partial charge in [0.2, 0.25) is 5.16 Å². The Morgan fingerprint density at radius 1 is 1.11 bits per heavy atom. The lowest BCUT2D eigenvalue weighted by Crippen LogP contribution is -2.11. The first kappa shape index (κ1) is 19.0. The van der Waals surface area contributed by atoms with Gasteiger partial charge in [0, 0.05) is 21.2 Å². The highest BCUT2D eigenvalue weighted by molar-refractivity contribution is 9.10. The van der Waals surface area contributed by atoms with Gasteiger partial charge in [-0.3, -0.25) is 0 Å². The summed E-state index contributed by atoms with van der Waals surface area (Å²) >= 11 is 6.62. The number of thioether (sulfide) groups is 1. The van der Waals surface area contributed by atoms with E-state index in [0.717, 1.165) is 32.1 Å². The van der Waals surface area contributed by atoms with Crippen molar-refractivity contribution in [2.45, 2.75) is 10.9 Å². The van der Waals surface area contributed by atoms with Gasteiger partial charge in [0.25, 0.3) is 0 Å². The fourth-order valence-electron chi connectivity index (χ4n) is 2.66. The maximum absolute atomic E-state index is 6.22. The van der Waals surface area contributed by atoms with Crippen LogP contribution in [-0.4, -0.2) is 27.0 Å². The molecule has 28 heavy (non-hydrogen) atoms. The highest BCUT2D eigenvalue weighted by Gasteiger charge is 2.15. The van der Waals surface area contributed by atoms with E-state index in [4.69, 9.17) is 15.6 Å². The van der Waals surface area contributed by atoms with Gasteiger partial charge in [-0.05, 0) is 24.3 Å². The van der Waals surface area contributed by atoms with Gasteiger partial charge in [-0.25, -0.2) is 9.66 Å². The maximum Gasteiger partial charge on any atom is 0.210 e. The predicted octanol–water partition coefficient (Wildman–Crippen LogP) is 4.85. The van der Waals surface area contributed by atoms with Crippen molar-refractivity contribution >= 4 is 39.0 Å². The van der Waals surface area contributed by atoms with Crippen molar-refractivity contribution < 1.29 is 4.74 Å². The lowest BCUT2D eigenvalue weighted by Gasteiger charge is -2.05. The zero-order valence-electron chi connectivity index (χ0n) is 14.9. The SMILES string of the molecule is COc1ccccc1-c1nc(CSc2nnc(-c3ccccc3Br)n2N)cs1. The number of para-hydroxylation sites is 1. The molecule has 2 aromatic heterocycles. The molecule has 0 amide bonds. The predicted molar refractivity (Wildman–Crippen MR) is 117 cm³/mol. The van der Waals surface area contributed by atoms with Crippen molar-refractivity contribution in [3.8, 4) is 27.7 Å². The summed E-state index contributed by atoms with van der Waals surface area (Å²) in [5, 5.41) is 12.1. The van der Waals surface area contributed by atoms with Crippen molar-refractivity contribution in [3.05, 3.63) is 64.1 Å². The Morgan fingerprint density at radius 2 is 1.86 bits per heavy atom. The molecule has 0 aliphatic rings. The molecule has 0 radical (unpaired) electrons. The summed E-state index contributed by atoms with van der Waals surface area (Å²) in [4.78, 5) is 4.72. The summed E-state index contributed by atoms with van der Waals surface area (Å²) in [5.41, 5.74) is 2.85. The molecular weight excluding hydrogens is 458 g/mol. The number of hydrogen-bond acceptors (Lipinski definition) is 7. The lowest BCUT2D eigenvalue weighted by atomic mass is 10.2. The second-order valence-electron chi connectivity index (χ2n) is 5.79. The van der Waals surface area contributed by atoms with Crippen LogP contribution in [0, 0.1) is 0 Å². The molecule has 0 aliphatic heterocycles. The van der Waals surface area contributed by atoms with Crippen LogP contribution in [0.25, 0.3) is 22.0 Å². The Morgan fingerprint density at radius 3 is 2.64 bits per heavy atom. The zero-order valence-corrected chi connectivity index (χ0v) is 18.1. The second-order valence-corrected chi connectivity index (χ2v) is 8.44. The molecule has 0 fully saturated rings. The van der Waals surface area contributed by atoms with Crippen LogP contribution in [0.5, 0.6) is 5.75 Å². The van der Waals surface area contributed by atoms with Crippen LogP contribution < -0.4 is 10.6 Å². The number of nitrogens with zero attached hydrogens (tertiary/aromatic N) is 4. The summed E-state index contributed by atoms with van der Waals surface area (Å²) in [5.74, 6) is 8.30. The van der Waals surface area contributed by atoms with E-state index in [1.807, 2.05) is 53.9 Å². The van der Waals surface area contributed by atoms with Crippen molar-refractivity contribution in [3.63, 3.8) is 0 Å². The minimum absolute atomic E-state index is 0.614. The van der Waals surface area contributed by atoms with Gasteiger partial charge < -0.3 is 10.6 Å². The zero-order chi connectivity index (χ0) is 19.5. The van der Waals surface area contributed by atoms with Crippen LogP contribution >= 0.6 is 39.0 Å². The summed E-state index contributed by atoms with van der Waals surface area (Å²) < 4.78 is 7.86. The van der Waals surface area contributed by atoms with Crippen molar-refractivity contribution in [1.82, 2.24) is 19.9 Å². The van der Waals surface area contributed by atoms with Gasteiger partial charge in [0.05, 0.1) is 18.4 Å². The molecule has 2 aromatic carbocycles. The summed E-state index contributed by atoms with van der Waals surface area (Å²) in [7, 11) is 1.67. The number of ether oxygens (including phenoxy) is 1. The third-order valence-electron chi connectivity index (χ3n) is 4.02. The molecular formula is C19H16BrN5OS2. The number of thiazole rings is 1. The average Bonchev–Trinajstić information content (AvgIpc) is 3.33. The fourth-order valence-corrected chi connectivity index (χ4v) is 4.82. The van der Waals surface area contributed by atoms with E-state index in [-0.39, 0.29) is 0 Å². The second kappa shape index (κ2) is 8.34. The highest BCUT2D eigenvalue weighted by Crippen LogP contribution is 2.33. The number of halogens is 1. The largest absolute Gasteiger partial charge is 0.496 e. The number of hydrogen-bond donors (Lipinski definition) is 1. The summed E-state index contributed by atoms with van der Waals surface area (Å²) in [6.07, 6.45) is 0. The normalized spacial score (nSPS) is 10.9. The van der Waals surface area contributed by atoms with E-state index in [2.05, 4.69) is 26.1 Å². The molecule has 2 N–H and O–H groups in total. The van der Waals surface area contributed by atoms with Crippen LogP contribution in [0.1, 0.15) is 5.69 Å². The maximum atomic E-state index is 6.22. The molecule has 0 bridgehead atoms. The molecule has 6 nitrogen and oxygen atoms in total. The molecule has 9 heteroatoms. The molecule has 0 unspecified atom stereocenters. The number of methoxy groups -OCH3 is 1. The minimum atomic E-state index is 0.614. The highest BCUT2D eigenvalue weighted by atomic mass is 79.9.